The molecule has 0 saturated heterocycles. The van der Waals surface area contributed by atoms with Gasteiger partial charge in [-0.05, 0) is 13.0 Å². The van der Waals surface area contributed by atoms with Crippen molar-refractivity contribution in [1.82, 2.24) is 10.3 Å². The molecule has 0 fully saturated rings. The van der Waals surface area contributed by atoms with Crippen molar-refractivity contribution in [2.24, 2.45) is 10.7 Å². The zero-order valence-electron chi connectivity index (χ0n) is 13.4. The maximum Gasteiger partial charge on any atom is 0.417 e. The summed E-state index contributed by atoms with van der Waals surface area (Å²) in [6.07, 6.45) is -3.31. The van der Waals surface area contributed by atoms with Crippen molar-refractivity contribution >= 4 is 17.6 Å². The van der Waals surface area contributed by atoms with Crippen LogP contribution in [0.15, 0.2) is 17.3 Å². The van der Waals surface area contributed by atoms with E-state index in [2.05, 4.69) is 15.3 Å². The highest BCUT2D eigenvalue weighted by Gasteiger charge is 2.31. The molecule has 0 amide bonds. The fraction of sp³-hybridized carbons (Fsp3) is 0.571. The van der Waals surface area contributed by atoms with Crippen molar-refractivity contribution in [3.8, 4) is 5.88 Å². The van der Waals surface area contributed by atoms with E-state index < -0.39 is 11.7 Å². The van der Waals surface area contributed by atoms with Crippen LogP contribution in [-0.4, -0.2) is 43.9 Å². The third kappa shape index (κ3) is 7.22. The smallest absolute Gasteiger partial charge is 0.417 e. The number of nitrogens with zero attached hydrogens (tertiary/aromatic N) is 2. The predicted molar refractivity (Wildman–Crippen MR) is 85.3 cm³/mol. The molecule has 1 aromatic rings. The Kier molecular flexibility index (Phi) is 8.06. The fourth-order valence-electron chi connectivity index (χ4n) is 1.71. The van der Waals surface area contributed by atoms with Crippen molar-refractivity contribution in [2.45, 2.75) is 25.6 Å². The minimum absolute atomic E-state index is 0.0325. The van der Waals surface area contributed by atoms with Gasteiger partial charge in [-0.3, -0.25) is 4.99 Å². The third-order valence-corrected chi connectivity index (χ3v) is 3.04. The lowest BCUT2D eigenvalue weighted by atomic mass is 10.3. The van der Waals surface area contributed by atoms with Gasteiger partial charge in [0.15, 0.2) is 5.96 Å². The van der Waals surface area contributed by atoms with Crippen LogP contribution < -0.4 is 15.8 Å². The Morgan fingerprint density at radius 3 is 2.79 bits per heavy atom. The maximum absolute atomic E-state index is 12.5. The molecule has 0 aliphatic rings. The van der Waals surface area contributed by atoms with Crippen LogP contribution in [0.25, 0.3) is 0 Å². The Labute approximate surface area is 143 Å². The van der Waals surface area contributed by atoms with E-state index in [1.165, 1.54) is 0 Å². The van der Waals surface area contributed by atoms with Crippen LogP contribution in [0.2, 0.25) is 5.02 Å². The summed E-state index contributed by atoms with van der Waals surface area (Å²) in [7, 11) is 1.59. The van der Waals surface area contributed by atoms with Crippen LogP contribution in [0.1, 0.15) is 18.9 Å². The molecule has 1 unspecified atom stereocenters. The Morgan fingerprint density at radius 1 is 1.50 bits per heavy atom. The number of hydrogen-bond acceptors (Lipinski definition) is 4. The molecule has 0 aliphatic heterocycles. The van der Waals surface area contributed by atoms with Crippen LogP contribution in [-0.2, 0) is 10.9 Å². The van der Waals surface area contributed by atoms with E-state index in [0.29, 0.717) is 25.8 Å². The highest BCUT2D eigenvalue weighted by molar-refractivity contribution is 6.31. The van der Waals surface area contributed by atoms with Crippen molar-refractivity contribution in [1.29, 1.82) is 0 Å². The second-order valence-corrected chi connectivity index (χ2v) is 5.39. The highest BCUT2D eigenvalue weighted by atomic mass is 35.5. The normalized spacial score (nSPS) is 13.7. The summed E-state index contributed by atoms with van der Waals surface area (Å²) in [6.45, 7) is 2.98. The number of rotatable bonds is 8. The average molecular weight is 369 g/mol. The number of guanidine groups is 1. The second-order valence-electron chi connectivity index (χ2n) is 4.98. The zero-order chi connectivity index (χ0) is 18.2. The standard InChI is InChI=1S/C14H20ClF3N4O2/c1-9(8-23-2)22-13(19)20-4-3-5-24-12-11(15)6-10(7-21-12)14(16,17)18/h6-7,9H,3-5,8H2,1-2H3,(H3,19,20,22). The van der Waals surface area contributed by atoms with Gasteiger partial charge in [0.05, 0.1) is 18.8 Å². The molecule has 0 spiro atoms. The monoisotopic (exact) mass is 368 g/mol. The van der Waals surface area contributed by atoms with Crippen molar-refractivity contribution in [3.63, 3.8) is 0 Å². The molecule has 1 atom stereocenters. The van der Waals surface area contributed by atoms with Crippen molar-refractivity contribution < 1.29 is 22.6 Å². The number of nitrogens with two attached hydrogens (primary N) is 1. The highest BCUT2D eigenvalue weighted by Crippen LogP contribution is 2.33. The topological polar surface area (TPSA) is 81.8 Å². The average Bonchev–Trinajstić information content (AvgIpc) is 2.47. The molecule has 24 heavy (non-hydrogen) atoms. The SMILES string of the molecule is COCC(C)NC(N)=NCCCOc1ncc(C(F)(F)F)cc1Cl. The molecule has 0 aromatic carbocycles. The number of ether oxygens (including phenoxy) is 2. The summed E-state index contributed by atoms with van der Waals surface area (Å²) < 4.78 is 47.7. The molecule has 0 saturated carbocycles. The quantitative estimate of drug-likeness (QED) is 0.418. The van der Waals surface area contributed by atoms with Gasteiger partial charge in [0, 0.05) is 32.3 Å². The van der Waals surface area contributed by atoms with E-state index in [9.17, 15) is 13.2 Å². The fourth-order valence-corrected chi connectivity index (χ4v) is 1.93. The summed E-state index contributed by atoms with van der Waals surface area (Å²) in [4.78, 5) is 7.67. The number of methoxy groups -OCH3 is 1. The first-order chi connectivity index (χ1) is 11.2. The van der Waals surface area contributed by atoms with E-state index in [0.717, 1.165) is 6.07 Å². The van der Waals surface area contributed by atoms with Gasteiger partial charge in [0.1, 0.15) is 5.02 Å². The zero-order valence-corrected chi connectivity index (χ0v) is 14.1. The van der Waals surface area contributed by atoms with Crippen LogP contribution in [0.5, 0.6) is 5.88 Å². The lowest BCUT2D eigenvalue weighted by molar-refractivity contribution is -0.137. The first-order valence-corrected chi connectivity index (χ1v) is 7.52. The Hall–Kier alpha value is -1.74. The van der Waals surface area contributed by atoms with Gasteiger partial charge in [-0.25, -0.2) is 4.98 Å². The van der Waals surface area contributed by atoms with Gasteiger partial charge in [-0.15, -0.1) is 0 Å². The van der Waals surface area contributed by atoms with E-state index in [4.69, 9.17) is 26.8 Å². The van der Waals surface area contributed by atoms with Gasteiger partial charge in [0.25, 0.3) is 0 Å². The molecule has 0 bridgehead atoms. The number of hydrogen-bond donors (Lipinski definition) is 2. The van der Waals surface area contributed by atoms with Gasteiger partial charge in [-0.1, -0.05) is 11.6 Å². The summed E-state index contributed by atoms with van der Waals surface area (Å²) in [6, 6.07) is 0.811. The minimum Gasteiger partial charge on any atom is -0.477 e. The summed E-state index contributed by atoms with van der Waals surface area (Å²) in [5.41, 5.74) is 4.76. The van der Waals surface area contributed by atoms with Gasteiger partial charge < -0.3 is 20.5 Å². The first-order valence-electron chi connectivity index (χ1n) is 7.15. The van der Waals surface area contributed by atoms with Crippen LogP contribution in [0.4, 0.5) is 13.2 Å². The molecule has 1 rings (SSSR count). The van der Waals surface area contributed by atoms with Gasteiger partial charge in [0.2, 0.25) is 5.88 Å². The molecule has 1 aromatic heterocycles. The largest absolute Gasteiger partial charge is 0.477 e. The molecule has 0 aliphatic carbocycles. The number of nitrogens with one attached hydrogen (secondary N) is 1. The lowest BCUT2D eigenvalue weighted by Gasteiger charge is -2.13. The van der Waals surface area contributed by atoms with Crippen LogP contribution in [0, 0.1) is 0 Å². The second kappa shape index (κ2) is 9.53. The Balaban J connectivity index is 2.38. The van der Waals surface area contributed by atoms with Crippen LogP contribution in [0.3, 0.4) is 0 Å². The molecule has 10 heteroatoms. The van der Waals surface area contributed by atoms with E-state index in [1.54, 1.807) is 7.11 Å². The minimum atomic E-state index is -4.49. The summed E-state index contributed by atoms with van der Waals surface area (Å²) in [5.74, 6) is 0.235. The lowest BCUT2D eigenvalue weighted by Crippen LogP contribution is -2.40. The number of pyridine rings is 1. The Morgan fingerprint density at radius 2 is 2.21 bits per heavy atom. The molecular formula is C14H20ClF3N4O2. The number of aromatic nitrogens is 1. The van der Waals surface area contributed by atoms with Crippen molar-refractivity contribution in [3.05, 3.63) is 22.8 Å². The predicted octanol–water partition coefficient (Wildman–Crippen LogP) is 2.46. The molecular weight excluding hydrogens is 349 g/mol. The number of aliphatic imine (C=N–C) groups is 1. The van der Waals surface area contributed by atoms with Crippen LogP contribution >= 0.6 is 11.6 Å². The Bertz CT molecular complexity index is 555. The van der Waals surface area contributed by atoms with Gasteiger partial charge >= 0.3 is 6.18 Å². The summed E-state index contributed by atoms with van der Waals surface area (Å²) >= 11 is 5.73. The third-order valence-electron chi connectivity index (χ3n) is 2.77. The molecule has 0 radical (unpaired) electrons. The molecule has 136 valence electrons. The van der Waals surface area contributed by atoms with E-state index in [-0.39, 0.29) is 29.5 Å². The summed E-state index contributed by atoms with van der Waals surface area (Å²) in [5, 5.41) is 2.75. The molecule has 6 nitrogen and oxygen atoms in total. The van der Waals surface area contributed by atoms with Gasteiger partial charge in [-0.2, -0.15) is 13.2 Å². The number of alkyl halides is 3. The van der Waals surface area contributed by atoms with Crippen molar-refractivity contribution in [2.75, 3.05) is 26.9 Å². The van der Waals surface area contributed by atoms with E-state index >= 15 is 0 Å². The number of halogens is 4. The molecule has 3 N–H and O–H groups in total. The molecule has 1 heterocycles. The first kappa shape index (κ1) is 20.3. The maximum atomic E-state index is 12.5. The van der Waals surface area contributed by atoms with E-state index in [1.807, 2.05) is 6.92 Å².